The van der Waals surface area contributed by atoms with E-state index < -0.39 is 24.8 Å². The van der Waals surface area contributed by atoms with Crippen LogP contribution < -0.4 is 0 Å². The largest absolute Gasteiger partial charge is 0.478 e. The van der Waals surface area contributed by atoms with Crippen LogP contribution in [0.3, 0.4) is 0 Å². The molecule has 42 heavy (non-hydrogen) atoms. The van der Waals surface area contributed by atoms with Crippen molar-refractivity contribution in [1.82, 2.24) is 0 Å². The predicted molar refractivity (Wildman–Crippen MR) is 158 cm³/mol. The van der Waals surface area contributed by atoms with Crippen LogP contribution in [0.2, 0.25) is 0 Å². The zero-order valence-electron chi connectivity index (χ0n) is 23.5. The number of aromatic carboxylic acids is 1. The molecular weight excluding hydrogens is 532 g/mol. The normalized spacial score (nSPS) is 11.8. The maximum Gasteiger partial charge on any atom is 0.335 e. The van der Waals surface area contributed by atoms with Crippen molar-refractivity contribution in [2.45, 2.75) is 33.0 Å². The minimum Gasteiger partial charge on any atom is -0.478 e. The zero-order valence-corrected chi connectivity index (χ0v) is 23.5. The first-order valence-corrected chi connectivity index (χ1v) is 13.1. The predicted octanol–water partition coefficient (Wildman–Crippen LogP) is 5.13. The molecule has 0 aliphatic heterocycles. The fourth-order valence-electron chi connectivity index (χ4n) is 4.46. The van der Waals surface area contributed by atoms with Crippen LogP contribution in [-0.4, -0.2) is 44.7 Å². The van der Waals surface area contributed by atoms with Crippen molar-refractivity contribution in [3.8, 4) is 34.4 Å². The van der Waals surface area contributed by atoms with Crippen molar-refractivity contribution in [3.05, 3.63) is 117 Å². The van der Waals surface area contributed by atoms with Gasteiger partial charge >= 0.3 is 5.97 Å². The van der Waals surface area contributed by atoms with Crippen LogP contribution >= 0.6 is 0 Å². The molecule has 4 aromatic rings. The molecule has 0 heterocycles. The van der Waals surface area contributed by atoms with Gasteiger partial charge in [-0.25, -0.2) is 4.79 Å². The third-order valence-electron chi connectivity index (χ3n) is 6.77. The smallest absolute Gasteiger partial charge is 0.335 e. The number of rotatable bonds is 7. The quantitative estimate of drug-likeness (QED) is 0.206. The summed E-state index contributed by atoms with van der Waals surface area (Å²) in [7, 11) is 0. The average Bonchev–Trinajstić information content (AvgIpc) is 3.00. The van der Waals surface area contributed by atoms with Gasteiger partial charge in [0.2, 0.25) is 0 Å². The minimum atomic E-state index is -1.17. The summed E-state index contributed by atoms with van der Waals surface area (Å²) in [5.74, 6) is -1.14. The third-order valence-corrected chi connectivity index (χ3v) is 6.77. The number of aliphatic hydroxyl groups is 4. The number of aliphatic hydroxyl groups excluding tert-OH is 4. The molecule has 0 saturated carbocycles. The number of hydrogen-bond acceptors (Lipinski definition) is 7. The first-order chi connectivity index (χ1) is 20.0. The molecule has 5 N–H and O–H groups in total. The summed E-state index contributed by atoms with van der Waals surface area (Å²) in [5, 5.41) is 65.4. The van der Waals surface area contributed by atoms with Gasteiger partial charge in [0, 0.05) is 0 Å². The van der Waals surface area contributed by atoms with Crippen molar-refractivity contribution >= 4 is 5.97 Å². The molecule has 0 aliphatic carbocycles. The highest BCUT2D eigenvalue weighted by molar-refractivity contribution is 5.90. The second-order valence-electron chi connectivity index (χ2n) is 9.94. The van der Waals surface area contributed by atoms with Crippen LogP contribution in [-0.2, 0) is 0 Å². The molecule has 0 aromatic heterocycles. The Labute approximate surface area is 244 Å². The number of benzene rings is 4. The second kappa shape index (κ2) is 14.2. The van der Waals surface area contributed by atoms with Gasteiger partial charge in [0.25, 0.3) is 0 Å². The lowest BCUT2D eigenvalue weighted by Crippen LogP contribution is -2.06. The van der Waals surface area contributed by atoms with E-state index in [1.807, 2.05) is 57.2 Å². The van der Waals surface area contributed by atoms with Crippen molar-refractivity contribution in [3.63, 3.8) is 0 Å². The van der Waals surface area contributed by atoms with E-state index in [2.05, 4.69) is 12.1 Å². The number of nitriles is 2. The Bertz CT molecular complexity index is 1680. The molecule has 2 atom stereocenters. The zero-order chi connectivity index (χ0) is 31.0. The number of carboxylic acid groups (broad SMARTS) is 1. The highest BCUT2D eigenvalue weighted by Crippen LogP contribution is 2.31. The first-order valence-electron chi connectivity index (χ1n) is 13.1. The average molecular weight is 565 g/mol. The van der Waals surface area contributed by atoms with E-state index in [9.17, 15) is 30.6 Å². The summed E-state index contributed by atoms with van der Waals surface area (Å²) < 4.78 is 0. The fraction of sp³-hybridized carbons (Fsp3) is 0.206. The molecule has 4 aromatic carbocycles. The van der Waals surface area contributed by atoms with Crippen LogP contribution in [0.15, 0.2) is 72.8 Å². The topological polar surface area (TPSA) is 166 Å². The Morgan fingerprint density at radius 3 is 1.79 bits per heavy atom. The van der Waals surface area contributed by atoms with Crippen LogP contribution in [0.1, 0.15) is 61.5 Å². The summed E-state index contributed by atoms with van der Waals surface area (Å²) >= 11 is 0. The molecule has 2 unspecified atom stereocenters. The van der Waals surface area contributed by atoms with E-state index in [4.69, 9.17) is 10.2 Å². The molecule has 0 spiro atoms. The van der Waals surface area contributed by atoms with Gasteiger partial charge in [-0.15, -0.1) is 0 Å². The number of hydrogen-bond donors (Lipinski definition) is 5. The maximum absolute atomic E-state index is 11.2. The van der Waals surface area contributed by atoms with Crippen LogP contribution in [0.25, 0.3) is 22.3 Å². The Morgan fingerprint density at radius 2 is 1.24 bits per heavy atom. The Kier molecular flexibility index (Phi) is 10.7. The van der Waals surface area contributed by atoms with E-state index in [-0.39, 0.29) is 12.2 Å². The minimum absolute atomic E-state index is 0.00975. The van der Waals surface area contributed by atoms with Crippen LogP contribution in [0, 0.1) is 43.4 Å². The molecule has 0 saturated heterocycles. The van der Waals surface area contributed by atoms with E-state index in [1.54, 1.807) is 24.3 Å². The number of aryl methyl sites for hydroxylation is 3. The summed E-state index contributed by atoms with van der Waals surface area (Å²) in [6.07, 6.45) is -2.07. The van der Waals surface area contributed by atoms with E-state index in [0.717, 1.165) is 27.8 Å². The molecule has 8 nitrogen and oxygen atoms in total. The molecule has 0 amide bonds. The fourth-order valence-corrected chi connectivity index (χ4v) is 4.46. The van der Waals surface area contributed by atoms with E-state index in [1.165, 1.54) is 12.1 Å². The number of carboxylic acids is 1. The van der Waals surface area contributed by atoms with Gasteiger partial charge in [-0.05, 0) is 107 Å². The monoisotopic (exact) mass is 564 g/mol. The lowest BCUT2D eigenvalue weighted by Gasteiger charge is -2.13. The lowest BCUT2D eigenvalue weighted by atomic mass is 9.92. The SMILES string of the molecule is Cc1ccc(-c2cc(C(=O)O)cc(C(O)CO)c2)c(C#N)c1.Cc1ccc(-c2cc(C(O)CO)ccc2C)c(C#N)c1. The number of nitrogens with zero attached hydrogens (tertiary/aromatic N) is 2. The summed E-state index contributed by atoms with van der Waals surface area (Å²) in [6.45, 7) is 4.94. The van der Waals surface area contributed by atoms with Crippen molar-refractivity contribution in [1.29, 1.82) is 10.5 Å². The molecule has 0 bridgehead atoms. The van der Waals surface area contributed by atoms with E-state index >= 15 is 0 Å². The van der Waals surface area contributed by atoms with Crippen LogP contribution in [0.4, 0.5) is 0 Å². The van der Waals surface area contributed by atoms with E-state index in [0.29, 0.717) is 33.4 Å². The summed E-state index contributed by atoms with van der Waals surface area (Å²) in [6, 6.07) is 25.2. The molecule has 214 valence electrons. The molecule has 0 radical (unpaired) electrons. The van der Waals surface area contributed by atoms with Crippen molar-refractivity contribution < 1.29 is 30.3 Å². The van der Waals surface area contributed by atoms with Crippen molar-refractivity contribution in [2.75, 3.05) is 13.2 Å². The number of carbonyl (C=O) groups is 1. The van der Waals surface area contributed by atoms with Gasteiger partial charge in [-0.2, -0.15) is 10.5 Å². The lowest BCUT2D eigenvalue weighted by molar-refractivity contribution is 0.0695. The highest BCUT2D eigenvalue weighted by atomic mass is 16.4. The molecule has 8 heteroatoms. The standard InChI is InChI=1S/C17H15NO4.C17H17NO2/c1-10-2-3-15(14(4-10)8-18)11-5-12(16(20)9-19)7-13(6-11)17(21)22;1-11-3-6-15(14(7-11)9-18)16-8-13(17(20)10-19)5-4-12(16)2/h2-7,16,19-20H,9H2,1H3,(H,21,22);3-8,17,19-20H,10H2,1-2H3. The Balaban J connectivity index is 0.000000231. The molecule has 4 rings (SSSR count). The first kappa shape index (κ1) is 31.7. The molecule has 0 fully saturated rings. The van der Waals surface area contributed by atoms with Crippen molar-refractivity contribution in [2.24, 2.45) is 0 Å². The Hall–Kier alpha value is -4.83. The van der Waals surface area contributed by atoms with Gasteiger partial charge in [-0.3, -0.25) is 0 Å². The Morgan fingerprint density at radius 1 is 0.690 bits per heavy atom. The third kappa shape index (κ3) is 7.46. The van der Waals surface area contributed by atoms with Crippen LogP contribution in [0.5, 0.6) is 0 Å². The second-order valence-corrected chi connectivity index (χ2v) is 9.94. The van der Waals surface area contributed by atoms with Gasteiger partial charge in [0.15, 0.2) is 0 Å². The highest BCUT2D eigenvalue weighted by Gasteiger charge is 2.15. The maximum atomic E-state index is 11.2. The van der Waals surface area contributed by atoms with Gasteiger partial charge in [0.1, 0.15) is 12.2 Å². The van der Waals surface area contributed by atoms with Gasteiger partial charge in [-0.1, -0.05) is 36.4 Å². The van der Waals surface area contributed by atoms with Gasteiger partial charge in [0.05, 0.1) is 42.0 Å². The molecule has 0 aliphatic rings. The molecular formula is C34H32N2O6. The summed E-state index contributed by atoms with van der Waals surface area (Å²) in [4.78, 5) is 11.2. The summed E-state index contributed by atoms with van der Waals surface area (Å²) in [5.41, 5.74) is 7.81. The van der Waals surface area contributed by atoms with Gasteiger partial charge < -0.3 is 25.5 Å².